The quantitative estimate of drug-likeness (QED) is 0.702. The van der Waals surface area contributed by atoms with Gasteiger partial charge in [0.15, 0.2) is 5.82 Å². The Morgan fingerprint density at radius 2 is 2.07 bits per heavy atom. The number of hydrogen-bond acceptors (Lipinski definition) is 7. The Bertz CT molecular complexity index is 356. The molecule has 2 N–H and O–H groups in total. The van der Waals surface area contributed by atoms with Crippen molar-refractivity contribution in [3.8, 4) is 6.01 Å². The van der Waals surface area contributed by atoms with E-state index in [1.54, 1.807) is 13.8 Å². The summed E-state index contributed by atoms with van der Waals surface area (Å²) >= 11 is 0. The number of rotatable bonds is 4. The van der Waals surface area contributed by atoms with E-state index in [-0.39, 0.29) is 24.1 Å². The van der Waals surface area contributed by atoms with Gasteiger partial charge in [-0.3, -0.25) is 0 Å². The van der Waals surface area contributed by atoms with Gasteiger partial charge in [-0.1, -0.05) is 5.10 Å². The highest BCUT2D eigenvalue weighted by molar-refractivity contribution is 5.91. The third-order valence-electron chi connectivity index (χ3n) is 1.44. The first-order valence-corrected chi connectivity index (χ1v) is 4.49. The molecule has 0 saturated heterocycles. The van der Waals surface area contributed by atoms with E-state index in [9.17, 15) is 4.79 Å². The summed E-state index contributed by atoms with van der Waals surface area (Å²) in [4.78, 5) is 15.0. The van der Waals surface area contributed by atoms with Crippen molar-refractivity contribution in [2.75, 3.05) is 18.9 Å². The topological polar surface area (TPSA) is 100 Å². The normalized spacial score (nSPS) is 9.73. The van der Waals surface area contributed by atoms with Crippen LogP contribution in [0, 0.1) is 0 Å². The van der Waals surface area contributed by atoms with E-state index in [1.165, 1.54) is 0 Å². The van der Waals surface area contributed by atoms with Crippen LogP contribution in [-0.4, -0.2) is 34.4 Å². The van der Waals surface area contributed by atoms with E-state index in [0.717, 1.165) is 0 Å². The van der Waals surface area contributed by atoms with Gasteiger partial charge < -0.3 is 15.2 Å². The van der Waals surface area contributed by atoms with E-state index in [4.69, 9.17) is 15.2 Å². The molecule has 0 unspecified atom stereocenters. The molecule has 0 spiro atoms. The molecule has 15 heavy (non-hydrogen) atoms. The zero-order valence-electron chi connectivity index (χ0n) is 8.56. The average Bonchev–Trinajstić information content (AvgIpc) is 2.18. The second-order valence-corrected chi connectivity index (χ2v) is 2.48. The number of carbonyl (C=O) groups is 1. The van der Waals surface area contributed by atoms with E-state index in [1.807, 2.05) is 0 Å². The highest BCUT2D eigenvalue weighted by atomic mass is 16.5. The van der Waals surface area contributed by atoms with Crippen LogP contribution in [0.5, 0.6) is 6.01 Å². The number of nitrogen functional groups attached to an aromatic ring is 1. The largest absolute Gasteiger partial charge is 0.463 e. The van der Waals surface area contributed by atoms with Gasteiger partial charge in [0.25, 0.3) is 0 Å². The van der Waals surface area contributed by atoms with Crippen molar-refractivity contribution >= 4 is 11.8 Å². The number of nitrogens with two attached hydrogens (primary N) is 1. The SMILES string of the molecule is CCOC(=O)c1nnc(OCC)nc1N. The third kappa shape index (κ3) is 2.76. The lowest BCUT2D eigenvalue weighted by atomic mass is 10.4. The standard InChI is InChI=1S/C8H12N4O3/c1-3-14-7(13)5-6(9)10-8(12-11-5)15-4-2/h3-4H2,1-2H3,(H2,9,10,12). The lowest BCUT2D eigenvalue weighted by molar-refractivity contribution is 0.0518. The Kier molecular flexibility index (Phi) is 3.78. The van der Waals surface area contributed by atoms with Crippen LogP contribution in [-0.2, 0) is 4.74 Å². The molecule has 1 heterocycles. The van der Waals surface area contributed by atoms with Gasteiger partial charge >= 0.3 is 12.0 Å². The zero-order chi connectivity index (χ0) is 11.3. The number of anilines is 1. The fourth-order valence-electron chi connectivity index (χ4n) is 0.857. The summed E-state index contributed by atoms with van der Waals surface area (Å²) in [5, 5.41) is 7.15. The maximum Gasteiger partial charge on any atom is 0.362 e. The predicted octanol–water partition coefficient (Wildman–Crippen LogP) is 0.0292. The molecule has 0 saturated carbocycles. The van der Waals surface area contributed by atoms with Crippen LogP contribution in [0.25, 0.3) is 0 Å². The summed E-state index contributed by atoms with van der Waals surface area (Å²) in [6, 6.07) is 0.0445. The lowest BCUT2D eigenvalue weighted by Gasteiger charge is -2.04. The molecule has 0 atom stereocenters. The van der Waals surface area contributed by atoms with Gasteiger partial charge in [0.2, 0.25) is 5.69 Å². The van der Waals surface area contributed by atoms with E-state index in [2.05, 4.69) is 15.2 Å². The van der Waals surface area contributed by atoms with E-state index >= 15 is 0 Å². The summed E-state index contributed by atoms with van der Waals surface area (Å²) < 4.78 is 9.67. The molecule has 1 rings (SSSR count). The second-order valence-electron chi connectivity index (χ2n) is 2.48. The molecule has 0 aliphatic heterocycles. The smallest absolute Gasteiger partial charge is 0.362 e. The number of aromatic nitrogens is 3. The van der Waals surface area contributed by atoms with Crippen LogP contribution >= 0.6 is 0 Å². The molecular weight excluding hydrogens is 200 g/mol. The first-order valence-electron chi connectivity index (χ1n) is 4.49. The summed E-state index contributed by atoms with van der Waals surface area (Å²) in [5.74, 6) is -0.690. The van der Waals surface area contributed by atoms with Gasteiger partial charge in [-0.25, -0.2) is 4.79 Å². The highest BCUT2D eigenvalue weighted by Crippen LogP contribution is 2.09. The van der Waals surface area contributed by atoms with Crippen molar-refractivity contribution in [1.82, 2.24) is 15.2 Å². The van der Waals surface area contributed by atoms with Crippen LogP contribution in [0.2, 0.25) is 0 Å². The molecule has 0 aliphatic carbocycles. The Balaban J connectivity index is 2.87. The summed E-state index contributed by atoms with van der Waals surface area (Å²) in [5.41, 5.74) is 5.39. The molecule has 0 aromatic carbocycles. The van der Waals surface area contributed by atoms with E-state index in [0.29, 0.717) is 6.61 Å². The first kappa shape index (κ1) is 11.2. The number of esters is 1. The minimum absolute atomic E-state index is 0.0445. The van der Waals surface area contributed by atoms with Gasteiger partial charge in [-0.2, -0.15) is 4.98 Å². The van der Waals surface area contributed by atoms with Gasteiger partial charge in [0, 0.05) is 0 Å². The van der Waals surface area contributed by atoms with Crippen molar-refractivity contribution in [3.05, 3.63) is 5.69 Å². The molecule has 0 amide bonds. The van der Waals surface area contributed by atoms with Crippen LogP contribution < -0.4 is 10.5 Å². The molecule has 0 radical (unpaired) electrons. The fourth-order valence-corrected chi connectivity index (χ4v) is 0.857. The molecule has 1 aromatic rings. The molecule has 0 bridgehead atoms. The third-order valence-corrected chi connectivity index (χ3v) is 1.44. The van der Waals surface area contributed by atoms with Gasteiger partial charge in [0.1, 0.15) is 0 Å². The van der Waals surface area contributed by atoms with Crippen LogP contribution in [0.3, 0.4) is 0 Å². The number of ether oxygens (including phenoxy) is 2. The fraction of sp³-hybridized carbons (Fsp3) is 0.500. The average molecular weight is 212 g/mol. The van der Waals surface area contributed by atoms with Crippen LogP contribution in [0.15, 0.2) is 0 Å². The molecule has 1 aromatic heterocycles. The van der Waals surface area contributed by atoms with E-state index < -0.39 is 5.97 Å². The molecule has 82 valence electrons. The van der Waals surface area contributed by atoms with Gasteiger partial charge in [-0.05, 0) is 13.8 Å². The van der Waals surface area contributed by atoms with Crippen LogP contribution in [0.1, 0.15) is 24.3 Å². The second kappa shape index (κ2) is 5.08. The van der Waals surface area contributed by atoms with Crippen molar-refractivity contribution in [2.45, 2.75) is 13.8 Å². The predicted molar refractivity (Wildman–Crippen MR) is 51.4 cm³/mol. The summed E-state index contributed by atoms with van der Waals surface area (Å²) in [7, 11) is 0. The Hall–Kier alpha value is -1.92. The Morgan fingerprint density at radius 1 is 1.33 bits per heavy atom. The molecule has 0 aliphatic rings. The zero-order valence-corrected chi connectivity index (χ0v) is 8.56. The van der Waals surface area contributed by atoms with Crippen molar-refractivity contribution in [3.63, 3.8) is 0 Å². The van der Waals surface area contributed by atoms with Crippen LogP contribution in [0.4, 0.5) is 5.82 Å². The molecular formula is C8H12N4O3. The lowest BCUT2D eigenvalue weighted by Crippen LogP contribution is -2.14. The summed E-state index contributed by atoms with van der Waals surface area (Å²) in [6.07, 6.45) is 0. The van der Waals surface area contributed by atoms with Gasteiger partial charge in [0.05, 0.1) is 13.2 Å². The van der Waals surface area contributed by atoms with Crippen molar-refractivity contribution < 1.29 is 14.3 Å². The number of nitrogens with zero attached hydrogens (tertiary/aromatic N) is 3. The number of hydrogen-bond donors (Lipinski definition) is 1. The monoisotopic (exact) mass is 212 g/mol. The first-order chi connectivity index (χ1) is 7.19. The van der Waals surface area contributed by atoms with Gasteiger partial charge in [-0.15, -0.1) is 5.10 Å². The molecule has 0 fully saturated rings. The number of carbonyl (C=O) groups excluding carboxylic acids is 1. The Labute approximate surface area is 86.6 Å². The minimum atomic E-state index is -0.641. The van der Waals surface area contributed by atoms with Crippen molar-refractivity contribution in [2.24, 2.45) is 0 Å². The molecule has 7 nitrogen and oxygen atoms in total. The maximum absolute atomic E-state index is 11.2. The molecule has 7 heteroatoms. The Morgan fingerprint density at radius 3 is 2.60 bits per heavy atom. The minimum Gasteiger partial charge on any atom is -0.463 e. The highest BCUT2D eigenvalue weighted by Gasteiger charge is 2.15. The van der Waals surface area contributed by atoms with Crippen molar-refractivity contribution in [1.29, 1.82) is 0 Å². The maximum atomic E-state index is 11.2. The summed E-state index contributed by atoms with van der Waals surface area (Å²) in [6.45, 7) is 4.11.